The van der Waals surface area contributed by atoms with E-state index in [1.807, 2.05) is 41.3 Å². The van der Waals surface area contributed by atoms with E-state index in [-0.39, 0.29) is 5.91 Å². The summed E-state index contributed by atoms with van der Waals surface area (Å²) in [5, 5.41) is 0.823. The number of nitrogens with one attached hydrogen (secondary N) is 1. The second-order valence-electron chi connectivity index (χ2n) is 7.96. The van der Waals surface area contributed by atoms with Gasteiger partial charge in [0, 0.05) is 23.8 Å². The first kappa shape index (κ1) is 20.7. The quantitative estimate of drug-likeness (QED) is 0.495. The lowest BCUT2D eigenvalue weighted by atomic mass is 9.93. The molecule has 0 saturated heterocycles. The van der Waals surface area contributed by atoms with Crippen molar-refractivity contribution in [3.8, 4) is 0 Å². The minimum absolute atomic E-state index is 0.164. The van der Waals surface area contributed by atoms with Crippen LogP contribution in [-0.2, 0) is 11.2 Å². The molecule has 30 heavy (non-hydrogen) atoms. The fraction of sp³-hybridized carbons (Fsp3) is 0.360. The minimum atomic E-state index is 0.164. The van der Waals surface area contributed by atoms with Gasteiger partial charge in [0.2, 0.25) is 5.91 Å². The van der Waals surface area contributed by atoms with E-state index < -0.39 is 0 Å². The number of rotatable bonds is 7. The molecule has 4 nitrogen and oxygen atoms in total. The van der Waals surface area contributed by atoms with E-state index in [1.54, 1.807) is 0 Å². The largest absolute Gasteiger partial charge is 0.337 e. The number of aromatic amines is 1. The minimum Gasteiger partial charge on any atom is -0.337 e. The summed E-state index contributed by atoms with van der Waals surface area (Å²) in [5.41, 5.74) is 4.37. The number of aryl methyl sites for hydroxylation is 1. The van der Waals surface area contributed by atoms with Crippen LogP contribution in [0.2, 0.25) is 0 Å². The van der Waals surface area contributed by atoms with Gasteiger partial charge in [-0.3, -0.25) is 4.79 Å². The van der Waals surface area contributed by atoms with Gasteiger partial charge in [0.05, 0.1) is 11.4 Å². The van der Waals surface area contributed by atoms with Crippen LogP contribution < -0.4 is 4.90 Å². The zero-order valence-corrected chi connectivity index (χ0v) is 18.3. The Balaban J connectivity index is 1.44. The summed E-state index contributed by atoms with van der Waals surface area (Å²) < 4.78 is 0. The standard InChI is InChI=1S/C25H29N3OS/c1-19-23(17-20-11-5-2-6-12-20)27-25(26-19)30-18-24(29)28(21-13-7-3-8-14-21)22-15-9-4-10-16-22/h2-3,5-8,11-14,22H,4,9-10,15-18H2,1H3,(H,26,27). The lowest BCUT2D eigenvalue weighted by Gasteiger charge is -2.34. The molecule has 0 bridgehead atoms. The molecule has 0 spiro atoms. The molecule has 4 rings (SSSR count). The van der Waals surface area contributed by atoms with Crippen molar-refractivity contribution in [3.63, 3.8) is 0 Å². The van der Waals surface area contributed by atoms with Crippen molar-refractivity contribution in [3.05, 3.63) is 77.6 Å². The van der Waals surface area contributed by atoms with Crippen molar-refractivity contribution in [1.82, 2.24) is 9.97 Å². The molecule has 0 aliphatic heterocycles. The molecule has 1 aliphatic carbocycles. The maximum absolute atomic E-state index is 13.3. The Morgan fingerprint density at radius 2 is 1.70 bits per heavy atom. The molecule has 1 heterocycles. The molecule has 1 saturated carbocycles. The number of para-hydroxylation sites is 1. The van der Waals surface area contributed by atoms with Crippen LogP contribution in [0.15, 0.2) is 65.8 Å². The molecule has 1 aliphatic rings. The number of hydrogen-bond donors (Lipinski definition) is 1. The Hall–Kier alpha value is -2.53. The fourth-order valence-electron chi connectivity index (χ4n) is 4.18. The number of aromatic nitrogens is 2. The maximum Gasteiger partial charge on any atom is 0.237 e. The topological polar surface area (TPSA) is 49.0 Å². The SMILES string of the molecule is Cc1[nH]c(SCC(=O)N(c2ccccc2)C2CCCCC2)nc1Cc1ccccc1. The van der Waals surface area contributed by atoms with Crippen molar-refractivity contribution in [2.75, 3.05) is 10.7 Å². The molecular formula is C25H29N3OS. The summed E-state index contributed by atoms with van der Waals surface area (Å²) in [6.07, 6.45) is 6.66. The Kier molecular flexibility index (Phi) is 6.90. The monoisotopic (exact) mass is 419 g/mol. The number of thioether (sulfide) groups is 1. The van der Waals surface area contributed by atoms with E-state index in [0.717, 1.165) is 41.5 Å². The number of anilines is 1. The molecule has 0 radical (unpaired) electrons. The van der Waals surface area contributed by atoms with Crippen molar-refractivity contribution in [2.45, 2.75) is 56.6 Å². The molecule has 2 aromatic carbocycles. The average molecular weight is 420 g/mol. The van der Waals surface area contributed by atoms with E-state index in [1.165, 1.54) is 36.6 Å². The van der Waals surface area contributed by atoms with Gasteiger partial charge in [0.15, 0.2) is 5.16 Å². The van der Waals surface area contributed by atoms with Gasteiger partial charge in [-0.05, 0) is 37.5 Å². The van der Waals surface area contributed by atoms with Crippen LogP contribution in [0.3, 0.4) is 0 Å². The number of imidazole rings is 1. The van der Waals surface area contributed by atoms with Gasteiger partial charge in [-0.15, -0.1) is 0 Å². The van der Waals surface area contributed by atoms with Crippen molar-refractivity contribution in [2.24, 2.45) is 0 Å². The predicted molar refractivity (Wildman–Crippen MR) is 124 cm³/mol. The molecule has 156 valence electrons. The number of carbonyl (C=O) groups excluding carboxylic acids is 1. The lowest BCUT2D eigenvalue weighted by Crippen LogP contribution is -2.42. The Labute approximate surface area is 183 Å². The predicted octanol–water partition coefficient (Wildman–Crippen LogP) is 5.77. The van der Waals surface area contributed by atoms with Crippen LogP contribution in [-0.4, -0.2) is 27.7 Å². The third kappa shape index (κ3) is 5.14. The van der Waals surface area contributed by atoms with Gasteiger partial charge in [0.1, 0.15) is 0 Å². The third-order valence-corrected chi connectivity index (χ3v) is 6.61. The molecule has 5 heteroatoms. The second-order valence-corrected chi connectivity index (χ2v) is 8.92. The summed E-state index contributed by atoms with van der Waals surface area (Å²) in [6.45, 7) is 2.05. The van der Waals surface area contributed by atoms with E-state index in [4.69, 9.17) is 4.98 Å². The molecule has 3 aromatic rings. The summed E-state index contributed by atoms with van der Waals surface area (Å²) in [6, 6.07) is 20.8. The third-order valence-electron chi connectivity index (χ3n) is 5.75. The average Bonchev–Trinajstić information content (AvgIpc) is 3.14. The number of benzene rings is 2. The Morgan fingerprint density at radius 1 is 1.03 bits per heavy atom. The van der Waals surface area contributed by atoms with Crippen LogP contribution in [0.25, 0.3) is 0 Å². The summed E-state index contributed by atoms with van der Waals surface area (Å²) >= 11 is 1.50. The van der Waals surface area contributed by atoms with E-state index in [9.17, 15) is 4.79 Å². The lowest BCUT2D eigenvalue weighted by molar-refractivity contribution is -0.116. The first-order chi connectivity index (χ1) is 14.7. The summed E-state index contributed by atoms with van der Waals surface area (Å²) in [7, 11) is 0. The number of nitrogens with zero attached hydrogens (tertiary/aromatic N) is 2. The van der Waals surface area contributed by atoms with Crippen LogP contribution in [0.4, 0.5) is 5.69 Å². The summed E-state index contributed by atoms with van der Waals surface area (Å²) in [4.78, 5) is 23.4. The first-order valence-corrected chi connectivity index (χ1v) is 11.8. The number of H-pyrrole nitrogens is 1. The highest BCUT2D eigenvalue weighted by atomic mass is 32.2. The second kappa shape index (κ2) is 9.98. The molecule has 0 unspecified atom stereocenters. The zero-order chi connectivity index (χ0) is 20.8. The summed E-state index contributed by atoms with van der Waals surface area (Å²) in [5.74, 6) is 0.556. The number of amides is 1. The molecular weight excluding hydrogens is 390 g/mol. The van der Waals surface area contributed by atoms with Gasteiger partial charge in [-0.1, -0.05) is 79.6 Å². The molecule has 1 aromatic heterocycles. The van der Waals surface area contributed by atoms with Crippen molar-refractivity contribution < 1.29 is 4.79 Å². The van der Waals surface area contributed by atoms with Gasteiger partial charge >= 0.3 is 0 Å². The molecule has 1 fully saturated rings. The van der Waals surface area contributed by atoms with E-state index in [0.29, 0.717) is 11.8 Å². The van der Waals surface area contributed by atoms with Crippen molar-refractivity contribution in [1.29, 1.82) is 0 Å². The zero-order valence-electron chi connectivity index (χ0n) is 17.5. The highest BCUT2D eigenvalue weighted by Gasteiger charge is 2.27. The van der Waals surface area contributed by atoms with Crippen LogP contribution >= 0.6 is 11.8 Å². The number of carbonyl (C=O) groups is 1. The Morgan fingerprint density at radius 3 is 2.40 bits per heavy atom. The molecule has 1 amide bonds. The van der Waals surface area contributed by atoms with Crippen LogP contribution in [0, 0.1) is 6.92 Å². The fourth-order valence-corrected chi connectivity index (χ4v) is 4.98. The van der Waals surface area contributed by atoms with E-state index >= 15 is 0 Å². The normalized spacial score (nSPS) is 14.6. The van der Waals surface area contributed by atoms with Gasteiger partial charge in [0.25, 0.3) is 0 Å². The molecule has 1 N–H and O–H groups in total. The highest BCUT2D eigenvalue weighted by Crippen LogP contribution is 2.29. The maximum atomic E-state index is 13.3. The Bertz CT molecular complexity index is 949. The van der Waals surface area contributed by atoms with Crippen molar-refractivity contribution >= 4 is 23.4 Å². The smallest absolute Gasteiger partial charge is 0.237 e. The van der Waals surface area contributed by atoms with Crippen LogP contribution in [0.1, 0.15) is 49.1 Å². The first-order valence-electron chi connectivity index (χ1n) is 10.8. The van der Waals surface area contributed by atoms with Gasteiger partial charge in [-0.25, -0.2) is 4.98 Å². The van der Waals surface area contributed by atoms with Crippen LogP contribution in [0.5, 0.6) is 0 Å². The molecule has 0 atom stereocenters. The van der Waals surface area contributed by atoms with E-state index in [2.05, 4.69) is 36.2 Å². The highest BCUT2D eigenvalue weighted by molar-refractivity contribution is 7.99. The van der Waals surface area contributed by atoms with Gasteiger partial charge < -0.3 is 9.88 Å². The van der Waals surface area contributed by atoms with Gasteiger partial charge in [-0.2, -0.15) is 0 Å². The number of hydrogen-bond acceptors (Lipinski definition) is 3.